The molecule has 7 heteroatoms. The van der Waals surface area contributed by atoms with E-state index in [0.717, 1.165) is 37.4 Å². The molecule has 6 nitrogen and oxygen atoms in total. The molecule has 0 saturated carbocycles. The molecule has 0 atom stereocenters. The zero-order valence-corrected chi connectivity index (χ0v) is 15.0. The van der Waals surface area contributed by atoms with Crippen molar-refractivity contribution in [2.75, 3.05) is 18.0 Å². The number of piperidine rings is 1. The first-order chi connectivity index (χ1) is 13.1. The molecule has 0 spiro atoms. The molecule has 3 heterocycles. The second-order valence-electron chi connectivity index (χ2n) is 6.78. The van der Waals surface area contributed by atoms with Gasteiger partial charge in [-0.25, -0.2) is 9.07 Å². The maximum Gasteiger partial charge on any atom is 0.175 e. The summed E-state index contributed by atoms with van der Waals surface area (Å²) < 4.78 is 14.7. The van der Waals surface area contributed by atoms with Crippen LogP contribution >= 0.6 is 0 Å². The van der Waals surface area contributed by atoms with E-state index < -0.39 is 0 Å². The fourth-order valence-corrected chi connectivity index (χ4v) is 3.37. The highest BCUT2D eigenvalue weighted by Crippen LogP contribution is 2.25. The third-order valence-electron chi connectivity index (χ3n) is 4.91. The maximum absolute atomic E-state index is 13.0. The predicted octanol–water partition coefficient (Wildman–Crippen LogP) is 3.21. The van der Waals surface area contributed by atoms with Gasteiger partial charge in [0.1, 0.15) is 5.82 Å². The second-order valence-corrected chi connectivity index (χ2v) is 6.78. The summed E-state index contributed by atoms with van der Waals surface area (Å²) in [5.41, 5.74) is 1.50. The molecule has 0 unspecified atom stereocenters. The van der Waals surface area contributed by atoms with E-state index in [4.69, 9.17) is 0 Å². The molecular formula is C20H20FN5O. The molecule has 3 aromatic rings. The van der Waals surface area contributed by atoms with E-state index in [1.54, 1.807) is 16.8 Å². The molecule has 1 aliphatic rings. The highest BCUT2D eigenvalue weighted by Gasteiger charge is 2.26. The van der Waals surface area contributed by atoms with Crippen molar-refractivity contribution >= 4 is 11.6 Å². The van der Waals surface area contributed by atoms with Crippen LogP contribution < -0.4 is 4.90 Å². The van der Waals surface area contributed by atoms with Crippen LogP contribution in [0.5, 0.6) is 0 Å². The van der Waals surface area contributed by atoms with Crippen molar-refractivity contribution in [3.05, 3.63) is 65.7 Å². The summed E-state index contributed by atoms with van der Waals surface area (Å²) in [6.07, 6.45) is 3.35. The van der Waals surface area contributed by atoms with Gasteiger partial charge >= 0.3 is 0 Å². The van der Waals surface area contributed by atoms with Crippen LogP contribution in [0.15, 0.2) is 48.7 Å². The lowest BCUT2D eigenvalue weighted by atomic mass is 9.89. The van der Waals surface area contributed by atoms with Gasteiger partial charge in [-0.3, -0.25) is 4.79 Å². The van der Waals surface area contributed by atoms with Crippen LogP contribution in [0.25, 0.3) is 5.82 Å². The summed E-state index contributed by atoms with van der Waals surface area (Å²) in [7, 11) is 0. The molecule has 2 aromatic heterocycles. The molecule has 1 aliphatic heterocycles. The Bertz CT molecular complexity index is 928. The predicted molar refractivity (Wildman–Crippen MR) is 99.6 cm³/mol. The zero-order valence-electron chi connectivity index (χ0n) is 15.0. The Morgan fingerprint density at radius 3 is 2.26 bits per heavy atom. The molecule has 0 amide bonds. The van der Waals surface area contributed by atoms with Crippen molar-refractivity contribution in [1.29, 1.82) is 0 Å². The van der Waals surface area contributed by atoms with Crippen LogP contribution in [-0.4, -0.2) is 38.9 Å². The van der Waals surface area contributed by atoms with E-state index >= 15 is 0 Å². The molecule has 1 fully saturated rings. The Balaban J connectivity index is 1.39. The van der Waals surface area contributed by atoms with Crippen molar-refractivity contribution in [2.45, 2.75) is 19.8 Å². The van der Waals surface area contributed by atoms with Gasteiger partial charge in [0.15, 0.2) is 17.4 Å². The Morgan fingerprint density at radius 2 is 1.67 bits per heavy atom. The van der Waals surface area contributed by atoms with Crippen molar-refractivity contribution in [3.63, 3.8) is 0 Å². The van der Waals surface area contributed by atoms with Gasteiger partial charge in [-0.15, -0.1) is 10.2 Å². The van der Waals surface area contributed by atoms with Gasteiger partial charge in [-0.2, -0.15) is 5.10 Å². The van der Waals surface area contributed by atoms with Gasteiger partial charge in [0, 0.05) is 30.8 Å². The fraction of sp³-hybridized carbons (Fsp3) is 0.300. The smallest absolute Gasteiger partial charge is 0.175 e. The molecule has 0 N–H and O–H groups in total. The summed E-state index contributed by atoms with van der Waals surface area (Å²) in [5.74, 6) is 1.20. The SMILES string of the molecule is Cc1ccn(-c2ccc(N3CCC(C(=O)c4ccc(F)cc4)CC3)nn2)n1. The lowest BCUT2D eigenvalue weighted by Crippen LogP contribution is -2.37. The Morgan fingerprint density at radius 1 is 1.00 bits per heavy atom. The van der Waals surface area contributed by atoms with Gasteiger partial charge in [0.2, 0.25) is 0 Å². The average Bonchev–Trinajstić information content (AvgIpc) is 3.15. The number of anilines is 1. The lowest BCUT2D eigenvalue weighted by molar-refractivity contribution is 0.0900. The zero-order chi connectivity index (χ0) is 18.8. The molecule has 0 aliphatic carbocycles. The molecule has 1 saturated heterocycles. The third-order valence-corrected chi connectivity index (χ3v) is 4.91. The minimum atomic E-state index is -0.325. The summed E-state index contributed by atoms with van der Waals surface area (Å²) in [6, 6.07) is 11.5. The van der Waals surface area contributed by atoms with E-state index in [2.05, 4.69) is 20.2 Å². The first-order valence-electron chi connectivity index (χ1n) is 9.01. The fourth-order valence-electron chi connectivity index (χ4n) is 3.37. The summed E-state index contributed by atoms with van der Waals surface area (Å²) in [5, 5.41) is 12.9. The van der Waals surface area contributed by atoms with E-state index in [-0.39, 0.29) is 17.5 Å². The van der Waals surface area contributed by atoms with Crippen LogP contribution in [0.3, 0.4) is 0 Å². The number of hydrogen-bond donors (Lipinski definition) is 0. The Hall–Kier alpha value is -3.09. The average molecular weight is 365 g/mol. The van der Waals surface area contributed by atoms with Crippen LogP contribution in [0.4, 0.5) is 10.2 Å². The van der Waals surface area contributed by atoms with Crippen molar-refractivity contribution in [3.8, 4) is 5.82 Å². The van der Waals surface area contributed by atoms with Crippen LogP contribution in [0.1, 0.15) is 28.9 Å². The molecular weight excluding hydrogens is 345 g/mol. The molecule has 4 rings (SSSR count). The lowest BCUT2D eigenvalue weighted by Gasteiger charge is -2.31. The first-order valence-corrected chi connectivity index (χ1v) is 9.01. The van der Waals surface area contributed by atoms with Crippen molar-refractivity contribution in [2.24, 2.45) is 5.92 Å². The number of Topliss-reactive ketones (excluding diaryl/α,β-unsaturated/α-hetero) is 1. The van der Waals surface area contributed by atoms with Crippen LogP contribution in [0, 0.1) is 18.7 Å². The van der Waals surface area contributed by atoms with E-state index in [0.29, 0.717) is 11.4 Å². The Kier molecular flexibility index (Phi) is 4.66. The number of aromatic nitrogens is 4. The normalized spacial score (nSPS) is 15.1. The van der Waals surface area contributed by atoms with Gasteiger partial charge in [0.25, 0.3) is 0 Å². The van der Waals surface area contributed by atoms with E-state index in [1.165, 1.54) is 12.1 Å². The number of nitrogens with zero attached hydrogens (tertiary/aromatic N) is 5. The standard InChI is InChI=1S/C20H20FN5O/c1-14-8-13-26(24-14)19-7-6-18(22-23-19)25-11-9-16(10-12-25)20(27)15-2-4-17(21)5-3-15/h2-8,13,16H,9-12H2,1H3. The number of benzene rings is 1. The summed E-state index contributed by atoms with van der Waals surface area (Å²) >= 11 is 0. The van der Waals surface area contributed by atoms with Gasteiger partial charge in [0.05, 0.1) is 5.69 Å². The molecule has 27 heavy (non-hydrogen) atoms. The van der Waals surface area contributed by atoms with E-state index in [1.807, 2.05) is 31.3 Å². The number of hydrogen-bond acceptors (Lipinski definition) is 5. The second kappa shape index (κ2) is 7.26. The summed E-state index contributed by atoms with van der Waals surface area (Å²) in [4.78, 5) is 14.7. The van der Waals surface area contributed by atoms with Gasteiger partial charge in [-0.1, -0.05) is 0 Å². The highest BCUT2D eigenvalue weighted by molar-refractivity contribution is 5.97. The minimum absolute atomic E-state index is 0.0361. The van der Waals surface area contributed by atoms with Crippen LogP contribution in [0.2, 0.25) is 0 Å². The van der Waals surface area contributed by atoms with Crippen molar-refractivity contribution < 1.29 is 9.18 Å². The monoisotopic (exact) mass is 365 g/mol. The first kappa shape index (κ1) is 17.3. The summed E-state index contributed by atoms with van der Waals surface area (Å²) in [6.45, 7) is 3.41. The van der Waals surface area contributed by atoms with Gasteiger partial charge in [-0.05, 0) is 62.2 Å². The van der Waals surface area contributed by atoms with Crippen LogP contribution in [-0.2, 0) is 0 Å². The topological polar surface area (TPSA) is 63.9 Å². The highest BCUT2D eigenvalue weighted by atomic mass is 19.1. The molecule has 0 bridgehead atoms. The number of rotatable bonds is 4. The number of halogens is 1. The quantitative estimate of drug-likeness (QED) is 0.665. The molecule has 0 radical (unpaired) electrons. The molecule has 138 valence electrons. The number of aryl methyl sites for hydroxylation is 1. The minimum Gasteiger partial charge on any atom is -0.355 e. The Labute approximate surface area is 156 Å². The maximum atomic E-state index is 13.0. The van der Waals surface area contributed by atoms with Crippen molar-refractivity contribution in [1.82, 2.24) is 20.0 Å². The third kappa shape index (κ3) is 3.72. The largest absolute Gasteiger partial charge is 0.355 e. The van der Waals surface area contributed by atoms with Gasteiger partial charge < -0.3 is 4.90 Å². The number of ketones is 1. The van der Waals surface area contributed by atoms with E-state index in [9.17, 15) is 9.18 Å². The molecule has 1 aromatic carbocycles. The number of carbonyl (C=O) groups excluding carboxylic acids is 1. The number of carbonyl (C=O) groups is 1.